The van der Waals surface area contributed by atoms with Crippen molar-refractivity contribution >= 4 is 12.0 Å². The molecule has 0 bridgehead atoms. The lowest BCUT2D eigenvalue weighted by Gasteiger charge is -2.20. The van der Waals surface area contributed by atoms with Gasteiger partial charge in [-0.25, -0.2) is 13.6 Å². The van der Waals surface area contributed by atoms with Crippen LogP contribution < -0.4 is 5.32 Å². The lowest BCUT2D eigenvalue weighted by Crippen LogP contribution is -2.42. The molecular formula is C14H14F2N2O3. The van der Waals surface area contributed by atoms with Crippen LogP contribution in [-0.4, -0.2) is 36.6 Å². The molecule has 1 aliphatic carbocycles. The first-order chi connectivity index (χ1) is 9.98. The molecule has 2 fully saturated rings. The Balaban J connectivity index is 1.68. The van der Waals surface area contributed by atoms with Gasteiger partial charge < -0.3 is 10.1 Å². The molecule has 1 aromatic carbocycles. The third kappa shape index (κ3) is 2.81. The van der Waals surface area contributed by atoms with Gasteiger partial charge in [0.1, 0.15) is 24.8 Å². The summed E-state index contributed by atoms with van der Waals surface area (Å²) in [5.74, 6) is -1.71. The van der Waals surface area contributed by atoms with E-state index in [9.17, 15) is 18.4 Å². The van der Waals surface area contributed by atoms with Crippen molar-refractivity contribution in [3.8, 4) is 0 Å². The van der Waals surface area contributed by atoms with Gasteiger partial charge in [0.05, 0.1) is 12.1 Å². The quantitative estimate of drug-likeness (QED) is 0.916. The van der Waals surface area contributed by atoms with Gasteiger partial charge in [0.15, 0.2) is 0 Å². The van der Waals surface area contributed by atoms with Gasteiger partial charge in [-0.05, 0) is 30.5 Å². The molecule has 1 saturated carbocycles. The molecule has 0 spiro atoms. The van der Waals surface area contributed by atoms with E-state index in [-0.39, 0.29) is 19.1 Å². The number of carbonyl (C=O) groups is 2. The SMILES string of the molecule is O=C(CN1CCOC1=O)NC1(c2cc(F)cc(F)c2)CC1. The summed E-state index contributed by atoms with van der Waals surface area (Å²) in [6.07, 6.45) is 0.713. The minimum Gasteiger partial charge on any atom is -0.448 e. The van der Waals surface area contributed by atoms with Crippen LogP contribution in [0.25, 0.3) is 0 Å². The molecule has 1 aliphatic heterocycles. The molecule has 2 amide bonds. The normalized spacial score (nSPS) is 19.3. The van der Waals surface area contributed by atoms with Crippen molar-refractivity contribution in [1.29, 1.82) is 0 Å². The third-order valence-corrected chi connectivity index (χ3v) is 3.72. The third-order valence-electron chi connectivity index (χ3n) is 3.72. The van der Waals surface area contributed by atoms with Gasteiger partial charge in [0.25, 0.3) is 0 Å². The van der Waals surface area contributed by atoms with Gasteiger partial charge in [0.2, 0.25) is 5.91 Å². The Hall–Kier alpha value is -2.18. The minimum absolute atomic E-state index is 0.113. The van der Waals surface area contributed by atoms with E-state index >= 15 is 0 Å². The number of hydrogen-bond acceptors (Lipinski definition) is 3. The zero-order valence-corrected chi connectivity index (χ0v) is 11.2. The van der Waals surface area contributed by atoms with Crippen molar-refractivity contribution in [3.63, 3.8) is 0 Å². The van der Waals surface area contributed by atoms with Gasteiger partial charge in [-0.1, -0.05) is 0 Å². The summed E-state index contributed by atoms with van der Waals surface area (Å²) >= 11 is 0. The van der Waals surface area contributed by atoms with Crippen LogP contribution in [0.2, 0.25) is 0 Å². The van der Waals surface area contributed by atoms with Crippen molar-refractivity contribution in [2.24, 2.45) is 0 Å². The van der Waals surface area contributed by atoms with Crippen molar-refractivity contribution in [3.05, 3.63) is 35.4 Å². The molecule has 1 saturated heterocycles. The van der Waals surface area contributed by atoms with Crippen molar-refractivity contribution in [2.75, 3.05) is 19.7 Å². The maximum absolute atomic E-state index is 13.3. The van der Waals surface area contributed by atoms with Gasteiger partial charge in [-0.15, -0.1) is 0 Å². The number of cyclic esters (lactones) is 1. The summed E-state index contributed by atoms with van der Waals surface area (Å²) in [7, 11) is 0. The Kier molecular flexibility index (Phi) is 3.27. The van der Waals surface area contributed by atoms with Crippen LogP contribution >= 0.6 is 0 Å². The van der Waals surface area contributed by atoms with Crippen molar-refractivity contribution in [1.82, 2.24) is 10.2 Å². The largest absolute Gasteiger partial charge is 0.448 e. The van der Waals surface area contributed by atoms with E-state index in [1.165, 1.54) is 17.0 Å². The Morgan fingerprint density at radius 2 is 1.95 bits per heavy atom. The molecule has 0 radical (unpaired) electrons. The first-order valence-corrected chi connectivity index (χ1v) is 6.68. The highest BCUT2D eigenvalue weighted by molar-refractivity contribution is 5.83. The Bertz CT molecular complexity index is 582. The summed E-state index contributed by atoms with van der Waals surface area (Å²) in [6.45, 7) is 0.526. The second-order valence-corrected chi connectivity index (χ2v) is 5.32. The van der Waals surface area contributed by atoms with E-state index < -0.39 is 23.3 Å². The molecule has 0 aromatic heterocycles. The van der Waals surface area contributed by atoms with Crippen molar-refractivity contribution in [2.45, 2.75) is 18.4 Å². The molecule has 0 unspecified atom stereocenters. The highest BCUT2D eigenvalue weighted by Gasteiger charge is 2.46. The molecule has 21 heavy (non-hydrogen) atoms. The van der Waals surface area contributed by atoms with E-state index in [0.717, 1.165) is 6.07 Å². The molecule has 1 heterocycles. The Morgan fingerprint density at radius 3 is 2.48 bits per heavy atom. The highest BCUT2D eigenvalue weighted by Crippen LogP contribution is 2.45. The van der Waals surface area contributed by atoms with Crippen LogP contribution in [0.15, 0.2) is 18.2 Å². The van der Waals surface area contributed by atoms with Crippen LogP contribution in [-0.2, 0) is 15.1 Å². The predicted octanol–water partition coefficient (Wildman–Crippen LogP) is 1.52. The van der Waals surface area contributed by atoms with Gasteiger partial charge in [0, 0.05) is 6.07 Å². The van der Waals surface area contributed by atoms with E-state index in [0.29, 0.717) is 24.9 Å². The number of ether oxygens (including phenoxy) is 1. The molecule has 7 heteroatoms. The van der Waals surface area contributed by atoms with Crippen LogP contribution in [0, 0.1) is 11.6 Å². The first kappa shape index (κ1) is 13.8. The minimum atomic E-state index is -0.719. The topological polar surface area (TPSA) is 58.6 Å². The number of halogens is 2. The van der Waals surface area contributed by atoms with E-state index in [1.807, 2.05) is 0 Å². The molecule has 3 rings (SSSR count). The van der Waals surface area contributed by atoms with E-state index in [1.54, 1.807) is 0 Å². The molecule has 5 nitrogen and oxygen atoms in total. The zero-order chi connectivity index (χ0) is 15.0. The second-order valence-electron chi connectivity index (χ2n) is 5.32. The molecular weight excluding hydrogens is 282 g/mol. The van der Waals surface area contributed by atoms with Gasteiger partial charge in [-0.2, -0.15) is 0 Å². The second kappa shape index (κ2) is 4.98. The lowest BCUT2D eigenvalue weighted by atomic mass is 10.0. The van der Waals surface area contributed by atoms with Crippen molar-refractivity contribution < 1.29 is 23.1 Å². The van der Waals surface area contributed by atoms with E-state index in [4.69, 9.17) is 4.74 Å². The predicted molar refractivity (Wildman–Crippen MR) is 68.3 cm³/mol. The number of hydrogen-bond donors (Lipinski definition) is 1. The van der Waals surface area contributed by atoms with Crippen LogP contribution in [0.5, 0.6) is 0 Å². The average molecular weight is 296 g/mol. The Labute approximate surface area is 119 Å². The standard InChI is InChI=1S/C14H14F2N2O3/c15-10-5-9(6-11(16)7-10)14(1-2-14)17-12(19)8-18-3-4-21-13(18)20/h5-7H,1-4,8H2,(H,17,19). The zero-order valence-electron chi connectivity index (χ0n) is 11.2. The number of nitrogens with one attached hydrogen (secondary N) is 1. The highest BCUT2D eigenvalue weighted by atomic mass is 19.1. The summed E-state index contributed by atoms with van der Waals surface area (Å²) in [5, 5.41) is 2.76. The van der Waals surface area contributed by atoms with Gasteiger partial charge in [-0.3, -0.25) is 9.69 Å². The molecule has 1 aromatic rings. The summed E-state index contributed by atoms with van der Waals surface area (Å²) in [6, 6.07) is 3.24. The molecule has 2 aliphatic rings. The number of carbonyl (C=O) groups excluding carboxylic acids is 2. The monoisotopic (exact) mass is 296 g/mol. The fraction of sp³-hybridized carbons (Fsp3) is 0.429. The fourth-order valence-corrected chi connectivity index (χ4v) is 2.49. The number of nitrogens with zero attached hydrogens (tertiary/aromatic N) is 1. The Morgan fingerprint density at radius 1 is 1.29 bits per heavy atom. The molecule has 0 atom stereocenters. The summed E-state index contributed by atoms with van der Waals surface area (Å²) < 4.78 is 31.3. The van der Waals surface area contributed by atoms with Crippen LogP contribution in [0.3, 0.4) is 0 Å². The van der Waals surface area contributed by atoms with Gasteiger partial charge >= 0.3 is 6.09 Å². The number of rotatable bonds is 4. The molecule has 112 valence electrons. The van der Waals surface area contributed by atoms with E-state index in [2.05, 4.69) is 5.32 Å². The first-order valence-electron chi connectivity index (χ1n) is 6.68. The van der Waals surface area contributed by atoms with Crippen LogP contribution in [0.4, 0.5) is 13.6 Å². The lowest BCUT2D eigenvalue weighted by molar-refractivity contribution is -0.122. The summed E-state index contributed by atoms with van der Waals surface area (Å²) in [4.78, 5) is 24.6. The van der Waals surface area contributed by atoms with Crippen LogP contribution in [0.1, 0.15) is 18.4 Å². The fourth-order valence-electron chi connectivity index (χ4n) is 2.49. The summed E-state index contributed by atoms with van der Waals surface area (Å²) in [5.41, 5.74) is -0.304. The number of amides is 2. The maximum atomic E-state index is 13.3. The average Bonchev–Trinajstić information content (AvgIpc) is 3.07. The maximum Gasteiger partial charge on any atom is 0.410 e. The smallest absolute Gasteiger partial charge is 0.410 e. The molecule has 1 N–H and O–H groups in total. The number of benzene rings is 1.